The fourth-order valence-electron chi connectivity index (χ4n) is 3.04. The minimum Gasteiger partial charge on any atom is -0.482 e. The molecule has 3 aromatic rings. The molecule has 4 rings (SSSR count). The molecule has 1 aliphatic rings. The topological polar surface area (TPSA) is 58.6 Å². The van der Waals surface area contributed by atoms with Crippen LogP contribution in [0.3, 0.4) is 0 Å². The number of nitrogens with one attached hydrogen (secondary N) is 1. The monoisotopic (exact) mass is 376 g/mol. The zero-order chi connectivity index (χ0) is 19.5. The van der Waals surface area contributed by atoms with E-state index in [4.69, 9.17) is 4.74 Å². The molecule has 0 unspecified atom stereocenters. The van der Waals surface area contributed by atoms with Crippen molar-refractivity contribution in [1.29, 1.82) is 0 Å². The number of carbonyl (C=O) groups is 2. The van der Waals surface area contributed by atoms with Crippen LogP contribution in [0.5, 0.6) is 5.75 Å². The quantitative estimate of drug-likeness (QED) is 0.749. The van der Waals surface area contributed by atoms with Crippen LogP contribution in [0.2, 0.25) is 0 Å². The Morgan fingerprint density at radius 2 is 1.79 bits per heavy atom. The van der Waals surface area contributed by atoms with Crippen molar-refractivity contribution in [1.82, 2.24) is 0 Å². The summed E-state index contributed by atoms with van der Waals surface area (Å²) in [5, 5.41) is 2.81. The van der Waals surface area contributed by atoms with Crippen LogP contribution in [0.4, 0.5) is 15.8 Å². The highest BCUT2D eigenvalue weighted by molar-refractivity contribution is 6.05. The van der Waals surface area contributed by atoms with E-state index in [0.29, 0.717) is 28.3 Å². The highest BCUT2D eigenvalue weighted by Gasteiger charge is 2.27. The number of fused-ring (bicyclic) bond motifs is 1. The van der Waals surface area contributed by atoms with E-state index in [1.807, 2.05) is 6.07 Å². The Morgan fingerprint density at radius 1 is 1.04 bits per heavy atom. The van der Waals surface area contributed by atoms with Gasteiger partial charge in [0.1, 0.15) is 11.6 Å². The first-order valence-corrected chi connectivity index (χ1v) is 8.79. The number of halogens is 1. The third-order valence-electron chi connectivity index (χ3n) is 4.48. The summed E-state index contributed by atoms with van der Waals surface area (Å²) in [7, 11) is 0. The van der Waals surface area contributed by atoms with Crippen LogP contribution in [0.1, 0.15) is 15.9 Å². The van der Waals surface area contributed by atoms with E-state index in [1.165, 1.54) is 11.0 Å². The van der Waals surface area contributed by atoms with Gasteiger partial charge in [0.25, 0.3) is 11.8 Å². The highest BCUT2D eigenvalue weighted by Crippen LogP contribution is 2.35. The SMILES string of the molecule is O=C(Nc1ccc2c(c1)N(Cc1ccccc1F)C(=O)CO2)c1ccccc1. The van der Waals surface area contributed by atoms with Crippen molar-refractivity contribution in [3.05, 3.63) is 89.7 Å². The minimum absolute atomic E-state index is 0.0813. The Balaban J connectivity index is 1.62. The molecule has 0 saturated carbocycles. The number of ether oxygens (including phenoxy) is 1. The van der Waals surface area contributed by atoms with E-state index >= 15 is 0 Å². The first-order chi connectivity index (χ1) is 13.6. The van der Waals surface area contributed by atoms with Gasteiger partial charge in [-0.1, -0.05) is 36.4 Å². The second-order valence-electron chi connectivity index (χ2n) is 6.36. The van der Waals surface area contributed by atoms with Crippen molar-refractivity contribution >= 4 is 23.2 Å². The molecule has 5 nitrogen and oxygen atoms in total. The summed E-state index contributed by atoms with van der Waals surface area (Å²) in [6.07, 6.45) is 0. The molecule has 2 amide bonds. The second-order valence-corrected chi connectivity index (χ2v) is 6.36. The second kappa shape index (κ2) is 7.52. The van der Waals surface area contributed by atoms with Gasteiger partial charge in [0.2, 0.25) is 0 Å². The third-order valence-corrected chi connectivity index (χ3v) is 4.48. The first kappa shape index (κ1) is 17.7. The zero-order valence-electron chi connectivity index (χ0n) is 14.9. The number of hydrogen-bond acceptors (Lipinski definition) is 3. The molecule has 1 N–H and O–H groups in total. The molecule has 0 bridgehead atoms. The van der Waals surface area contributed by atoms with Gasteiger partial charge in [-0.2, -0.15) is 0 Å². The predicted octanol–water partition coefficient (Wildman–Crippen LogP) is 4.00. The lowest BCUT2D eigenvalue weighted by Gasteiger charge is -2.30. The summed E-state index contributed by atoms with van der Waals surface area (Å²) < 4.78 is 19.5. The lowest BCUT2D eigenvalue weighted by Crippen LogP contribution is -2.38. The molecule has 140 valence electrons. The molecule has 0 saturated heterocycles. The van der Waals surface area contributed by atoms with Crippen LogP contribution in [-0.4, -0.2) is 18.4 Å². The minimum atomic E-state index is -0.378. The van der Waals surface area contributed by atoms with Crippen molar-refractivity contribution in [2.75, 3.05) is 16.8 Å². The molecule has 28 heavy (non-hydrogen) atoms. The Bertz CT molecular complexity index is 1040. The Hall–Kier alpha value is -3.67. The van der Waals surface area contributed by atoms with E-state index in [9.17, 15) is 14.0 Å². The lowest BCUT2D eigenvalue weighted by atomic mass is 10.1. The van der Waals surface area contributed by atoms with Gasteiger partial charge in [-0.3, -0.25) is 9.59 Å². The molecule has 3 aromatic carbocycles. The predicted molar refractivity (Wildman–Crippen MR) is 104 cm³/mol. The summed E-state index contributed by atoms with van der Waals surface area (Å²) >= 11 is 0. The van der Waals surface area contributed by atoms with E-state index in [2.05, 4.69) is 5.32 Å². The van der Waals surface area contributed by atoms with Crippen LogP contribution >= 0.6 is 0 Å². The van der Waals surface area contributed by atoms with Gasteiger partial charge in [-0.15, -0.1) is 0 Å². The standard InChI is InChI=1S/C22H17FN2O3/c23-18-9-5-4-8-16(18)13-25-19-12-17(10-11-20(19)28-14-21(25)26)24-22(27)15-6-2-1-3-7-15/h1-12H,13-14H2,(H,24,27). The normalized spacial score (nSPS) is 12.9. The Morgan fingerprint density at radius 3 is 2.57 bits per heavy atom. The summed E-state index contributed by atoms with van der Waals surface area (Å²) in [5.74, 6) is -0.405. The molecule has 0 fully saturated rings. The van der Waals surface area contributed by atoms with Gasteiger partial charge < -0.3 is 15.0 Å². The van der Waals surface area contributed by atoms with E-state index in [1.54, 1.807) is 60.7 Å². The van der Waals surface area contributed by atoms with Crippen molar-refractivity contribution in [2.24, 2.45) is 0 Å². The number of anilines is 2. The summed E-state index contributed by atoms with van der Waals surface area (Å²) in [5.41, 5.74) is 1.94. The number of hydrogen-bond donors (Lipinski definition) is 1. The number of benzene rings is 3. The summed E-state index contributed by atoms with van der Waals surface area (Å²) in [6.45, 7) is -0.0326. The molecule has 0 atom stereocenters. The van der Waals surface area contributed by atoms with Gasteiger partial charge in [0, 0.05) is 16.8 Å². The number of nitrogens with zero attached hydrogens (tertiary/aromatic N) is 1. The average Bonchev–Trinajstić information content (AvgIpc) is 2.72. The molecule has 0 spiro atoms. The Labute approximate surface area is 161 Å². The van der Waals surface area contributed by atoms with Crippen molar-refractivity contribution in [3.8, 4) is 5.75 Å². The van der Waals surface area contributed by atoms with Crippen LogP contribution in [-0.2, 0) is 11.3 Å². The molecule has 0 radical (unpaired) electrons. The van der Waals surface area contributed by atoms with Crippen LogP contribution in [0.15, 0.2) is 72.8 Å². The van der Waals surface area contributed by atoms with Crippen molar-refractivity contribution in [3.63, 3.8) is 0 Å². The van der Waals surface area contributed by atoms with Gasteiger partial charge in [-0.05, 0) is 36.4 Å². The maximum atomic E-state index is 14.1. The van der Waals surface area contributed by atoms with Gasteiger partial charge in [0.05, 0.1) is 12.2 Å². The van der Waals surface area contributed by atoms with Crippen LogP contribution in [0.25, 0.3) is 0 Å². The number of carbonyl (C=O) groups excluding carboxylic acids is 2. The highest BCUT2D eigenvalue weighted by atomic mass is 19.1. The molecule has 6 heteroatoms. The Kier molecular flexibility index (Phi) is 4.76. The lowest BCUT2D eigenvalue weighted by molar-refractivity contribution is -0.121. The van der Waals surface area contributed by atoms with Crippen molar-refractivity contribution in [2.45, 2.75) is 6.54 Å². The average molecular weight is 376 g/mol. The van der Waals surface area contributed by atoms with Gasteiger partial charge in [-0.25, -0.2) is 4.39 Å². The molecular formula is C22H17FN2O3. The van der Waals surface area contributed by atoms with E-state index in [-0.39, 0.29) is 30.8 Å². The fourth-order valence-corrected chi connectivity index (χ4v) is 3.04. The van der Waals surface area contributed by atoms with Crippen LogP contribution < -0.4 is 15.0 Å². The number of rotatable bonds is 4. The summed E-state index contributed by atoms with van der Waals surface area (Å²) in [6, 6.07) is 20.2. The maximum Gasteiger partial charge on any atom is 0.265 e. The molecule has 1 heterocycles. The molecule has 0 aromatic heterocycles. The summed E-state index contributed by atoms with van der Waals surface area (Å²) in [4.78, 5) is 26.3. The molecule has 0 aliphatic carbocycles. The van der Waals surface area contributed by atoms with Crippen molar-refractivity contribution < 1.29 is 18.7 Å². The molecular weight excluding hydrogens is 359 g/mol. The van der Waals surface area contributed by atoms with Gasteiger partial charge in [0.15, 0.2) is 6.61 Å². The van der Waals surface area contributed by atoms with E-state index in [0.717, 1.165) is 0 Å². The zero-order valence-corrected chi connectivity index (χ0v) is 14.9. The maximum absolute atomic E-state index is 14.1. The third kappa shape index (κ3) is 3.57. The first-order valence-electron chi connectivity index (χ1n) is 8.79. The van der Waals surface area contributed by atoms with E-state index < -0.39 is 0 Å². The smallest absolute Gasteiger partial charge is 0.265 e. The largest absolute Gasteiger partial charge is 0.482 e. The van der Waals surface area contributed by atoms with Crippen LogP contribution in [0, 0.1) is 5.82 Å². The number of amides is 2. The van der Waals surface area contributed by atoms with Gasteiger partial charge >= 0.3 is 0 Å². The molecule has 1 aliphatic heterocycles. The fraction of sp³-hybridized carbons (Fsp3) is 0.0909.